The van der Waals surface area contributed by atoms with Gasteiger partial charge in [0, 0.05) is 5.56 Å². The van der Waals surface area contributed by atoms with Gasteiger partial charge in [-0.15, -0.1) is 10.2 Å². The molecule has 0 fully saturated rings. The smallest absolute Gasteiger partial charge is 0.246 e. The standard InChI is InChI=1S/C12H10ClN5O/c1-8-14-10(19-17-8)7-18-11(15-16-12(18)13)9-5-3-2-4-6-9/h2-6H,7H2,1H3. The van der Waals surface area contributed by atoms with Crippen LogP contribution in [0.25, 0.3) is 11.4 Å². The molecule has 19 heavy (non-hydrogen) atoms. The van der Waals surface area contributed by atoms with Crippen molar-refractivity contribution in [1.29, 1.82) is 0 Å². The van der Waals surface area contributed by atoms with E-state index in [1.165, 1.54) is 0 Å². The Morgan fingerprint density at radius 1 is 1.21 bits per heavy atom. The van der Waals surface area contributed by atoms with E-state index in [4.69, 9.17) is 16.1 Å². The molecule has 0 saturated heterocycles. The Hall–Kier alpha value is -2.21. The fourth-order valence-corrected chi connectivity index (χ4v) is 1.94. The summed E-state index contributed by atoms with van der Waals surface area (Å²) in [4.78, 5) is 4.15. The summed E-state index contributed by atoms with van der Waals surface area (Å²) in [6.07, 6.45) is 0. The zero-order valence-electron chi connectivity index (χ0n) is 10.1. The number of rotatable bonds is 3. The Labute approximate surface area is 114 Å². The molecule has 0 aliphatic rings. The van der Waals surface area contributed by atoms with Gasteiger partial charge in [-0.05, 0) is 18.5 Å². The molecule has 7 heteroatoms. The molecular weight excluding hydrogens is 266 g/mol. The van der Waals surface area contributed by atoms with Gasteiger partial charge < -0.3 is 4.52 Å². The molecule has 0 bridgehead atoms. The van der Waals surface area contributed by atoms with Crippen LogP contribution in [0.15, 0.2) is 34.9 Å². The Kier molecular flexibility index (Phi) is 3.00. The van der Waals surface area contributed by atoms with Crippen molar-refractivity contribution in [2.45, 2.75) is 13.5 Å². The van der Waals surface area contributed by atoms with Gasteiger partial charge >= 0.3 is 0 Å². The van der Waals surface area contributed by atoms with Gasteiger partial charge in [0.05, 0.1) is 0 Å². The van der Waals surface area contributed by atoms with Crippen molar-refractivity contribution in [2.24, 2.45) is 0 Å². The third-order valence-electron chi connectivity index (χ3n) is 2.60. The molecule has 0 amide bonds. The Bertz CT molecular complexity index is 691. The van der Waals surface area contributed by atoms with Crippen LogP contribution in [0.4, 0.5) is 0 Å². The van der Waals surface area contributed by atoms with Gasteiger partial charge in [0.2, 0.25) is 11.2 Å². The first kappa shape index (κ1) is 11.9. The molecule has 6 nitrogen and oxygen atoms in total. The highest BCUT2D eigenvalue weighted by atomic mass is 35.5. The number of aryl methyl sites for hydroxylation is 1. The quantitative estimate of drug-likeness (QED) is 0.734. The molecule has 0 radical (unpaired) electrons. The van der Waals surface area contributed by atoms with E-state index >= 15 is 0 Å². The summed E-state index contributed by atoms with van der Waals surface area (Å²) in [5.74, 6) is 1.72. The number of halogens is 1. The molecule has 2 aromatic heterocycles. The van der Waals surface area contributed by atoms with Crippen molar-refractivity contribution >= 4 is 11.6 Å². The van der Waals surface area contributed by atoms with Crippen molar-refractivity contribution in [3.05, 3.63) is 47.3 Å². The zero-order chi connectivity index (χ0) is 13.2. The molecule has 0 spiro atoms. The van der Waals surface area contributed by atoms with Gasteiger partial charge in [-0.1, -0.05) is 35.5 Å². The normalized spacial score (nSPS) is 10.8. The van der Waals surface area contributed by atoms with Crippen LogP contribution in [0.2, 0.25) is 5.28 Å². The first-order valence-corrected chi connectivity index (χ1v) is 6.05. The van der Waals surface area contributed by atoms with Crippen LogP contribution in [0.3, 0.4) is 0 Å². The molecular formula is C12H10ClN5O. The van der Waals surface area contributed by atoms with Crippen LogP contribution in [0.5, 0.6) is 0 Å². The second-order valence-corrected chi connectivity index (χ2v) is 4.32. The van der Waals surface area contributed by atoms with Crippen molar-refractivity contribution < 1.29 is 4.52 Å². The van der Waals surface area contributed by atoms with Crippen LogP contribution < -0.4 is 0 Å². The highest BCUT2D eigenvalue weighted by Gasteiger charge is 2.15. The number of hydrogen-bond donors (Lipinski definition) is 0. The molecule has 0 N–H and O–H groups in total. The fraction of sp³-hybridized carbons (Fsp3) is 0.167. The third kappa shape index (κ3) is 2.34. The van der Waals surface area contributed by atoms with E-state index in [0.29, 0.717) is 24.1 Å². The molecule has 3 aromatic rings. The SMILES string of the molecule is Cc1noc(Cn2c(Cl)nnc2-c2ccccc2)n1. The average molecular weight is 276 g/mol. The van der Waals surface area contributed by atoms with Crippen molar-refractivity contribution in [2.75, 3.05) is 0 Å². The second kappa shape index (κ2) is 4.81. The monoisotopic (exact) mass is 275 g/mol. The Morgan fingerprint density at radius 2 is 2.00 bits per heavy atom. The lowest BCUT2D eigenvalue weighted by atomic mass is 10.2. The largest absolute Gasteiger partial charge is 0.337 e. The van der Waals surface area contributed by atoms with E-state index in [1.54, 1.807) is 11.5 Å². The summed E-state index contributed by atoms with van der Waals surface area (Å²) >= 11 is 6.05. The van der Waals surface area contributed by atoms with E-state index in [0.717, 1.165) is 5.56 Å². The first-order valence-electron chi connectivity index (χ1n) is 5.67. The zero-order valence-corrected chi connectivity index (χ0v) is 10.9. The summed E-state index contributed by atoms with van der Waals surface area (Å²) in [7, 11) is 0. The van der Waals surface area contributed by atoms with Crippen molar-refractivity contribution in [3.8, 4) is 11.4 Å². The summed E-state index contributed by atoms with van der Waals surface area (Å²) in [6.45, 7) is 2.11. The van der Waals surface area contributed by atoms with Crippen LogP contribution in [0.1, 0.15) is 11.7 Å². The minimum Gasteiger partial charge on any atom is -0.337 e. The Balaban J connectivity index is 1.99. The highest BCUT2D eigenvalue weighted by Crippen LogP contribution is 2.21. The van der Waals surface area contributed by atoms with Gasteiger partial charge in [0.1, 0.15) is 6.54 Å². The molecule has 0 aliphatic carbocycles. The maximum absolute atomic E-state index is 6.05. The minimum atomic E-state index is 0.287. The van der Waals surface area contributed by atoms with Crippen molar-refractivity contribution in [1.82, 2.24) is 24.9 Å². The molecule has 0 aliphatic heterocycles. The van der Waals surface area contributed by atoms with Gasteiger partial charge in [-0.25, -0.2) is 0 Å². The average Bonchev–Trinajstić information content (AvgIpc) is 2.99. The molecule has 1 aromatic carbocycles. The highest BCUT2D eigenvalue weighted by molar-refractivity contribution is 6.28. The maximum Gasteiger partial charge on any atom is 0.246 e. The second-order valence-electron chi connectivity index (χ2n) is 3.98. The van der Waals surface area contributed by atoms with Gasteiger partial charge in [-0.2, -0.15) is 4.98 Å². The number of benzene rings is 1. The maximum atomic E-state index is 6.05. The van der Waals surface area contributed by atoms with Gasteiger partial charge in [0.15, 0.2) is 11.6 Å². The van der Waals surface area contributed by atoms with Crippen LogP contribution in [0, 0.1) is 6.92 Å². The predicted octanol–water partition coefficient (Wildman–Crippen LogP) is 2.34. The van der Waals surface area contributed by atoms with Crippen molar-refractivity contribution in [3.63, 3.8) is 0 Å². The first-order chi connectivity index (χ1) is 9.24. The minimum absolute atomic E-state index is 0.287. The van der Waals surface area contributed by atoms with E-state index in [2.05, 4.69) is 20.3 Å². The van der Waals surface area contributed by atoms with E-state index in [-0.39, 0.29) is 5.28 Å². The molecule has 96 valence electrons. The summed E-state index contributed by atoms with van der Waals surface area (Å²) < 4.78 is 6.81. The fourth-order valence-electron chi connectivity index (χ4n) is 1.76. The lowest BCUT2D eigenvalue weighted by molar-refractivity contribution is 0.368. The van der Waals surface area contributed by atoms with E-state index in [1.807, 2.05) is 30.3 Å². The molecule has 3 rings (SSSR count). The molecule has 0 saturated carbocycles. The van der Waals surface area contributed by atoms with Crippen LogP contribution >= 0.6 is 11.6 Å². The van der Waals surface area contributed by atoms with E-state index < -0.39 is 0 Å². The van der Waals surface area contributed by atoms with Crippen LogP contribution in [-0.2, 0) is 6.54 Å². The summed E-state index contributed by atoms with van der Waals surface area (Å²) in [5.41, 5.74) is 0.929. The van der Waals surface area contributed by atoms with E-state index in [9.17, 15) is 0 Å². The number of hydrogen-bond acceptors (Lipinski definition) is 5. The molecule has 0 atom stereocenters. The third-order valence-corrected chi connectivity index (χ3v) is 2.88. The summed E-state index contributed by atoms with van der Waals surface area (Å²) in [5, 5.41) is 12.0. The number of aromatic nitrogens is 5. The van der Waals surface area contributed by atoms with Crippen LogP contribution in [-0.4, -0.2) is 24.9 Å². The van der Waals surface area contributed by atoms with Gasteiger partial charge in [-0.3, -0.25) is 4.57 Å². The topological polar surface area (TPSA) is 69.6 Å². The lowest BCUT2D eigenvalue weighted by Gasteiger charge is -2.04. The lowest BCUT2D eigenvalue weighted by Crippen LogP contribution is -2.03. The predicted molar refractivity (Wildman–Crippen MR) is 68.6 cm³/mol. The Morgan fingerprint density at radius 3 is 2.68 bits per heavy atom. The van der Waals surface area contributed by atoms with Gasteiger partial charge in [0.25, 0.3) is 0 Å². The molecule has 2 heterocycles. The number of nitrogens with zero attached hydrogens (tertiary/aromatic N) is 5. The summed E-state index contributed by atoms with van der Waals surface area (Å²) in [6, 6.07) is 9.68. The molecule has 0 unspecified atom stereocenters.